The van der Waals surface area contributed by atoms with E-state index in [-0.39, 0.29) is 11.8 Å². The van der Waals surface area contributed by atoms with Crippen LogP contribution in [0.5, 0.6) is 0 Å². The van der Waals surface area contributed by atoms with E-state index in [4.69, 9.17) is 4.74 Å². The Balaban J connectivity index is 1.58. The smallest absolute Gasteiger partial charge is 0.322 e. The fraction of sp³-hybridized carbons (Fsp3) is 0.286. The maximum atomic E-state index is 13.4. The molecule has 0 atom stereocenters. The van der Waals surface area contributed by atoms with Crippen LogP contribution in [-0.4, -0.2) is 35.8 Å². The van der Waals surface area contributed by atoms with Gasteiger partial charge in [-0.25, -0.2) is 9.18 Å². The Labute approximate surface area is 157 Å². The van der Waals surface area contributed by atoms with E-state index in [1.165, 1.54) is 28.6 Å². The van der Waals surface area contributed by atoms with E-state index in [1.54, 1.807) is 24.1 Å². The summed E-state index contributed by atoms with van der Waals surface area (Å²) >= 11 is 0. The maximum Gasteiger partial charge on any atom is 0.322 e. The van der Waals surface area contributed by atoms with Gasteiger partial charge in [-0.3, -0.25) is 0 Å². The molecule has 1 aliphatic heterocycles. The molecule has 4 rings (SSSR count). The van der Waals surface area contributed by atoms with Crippen LogP contribution < -0.4 is 5.32 Å². The van der Waals surface area contributed by atoms with Gasteiger partial charge in [0, 0.05) is 49.5 Å². The number of methoxy groups -OCH3 is 1. The van der Waals surface area contributed by atoms with Crippen molar-refractivity contribution in [3.05, 3.63) is 65.6 Å². The lowest BCUT2D eigenvalue weighted by molar-refractivity contribution is 0.188. The van der Waals surface area contributed by atoms with Crippen LogP contribution in [0.3, 0.4) is 0 Å². The lowest BCUT2D eigenvalue weighted by Gasteiger charge is -2.22. The van der Waals surface area contributed by atoms with Crippen molar-refractivity contribution in [2.75, 3.05) is 25.6 Å². The van der Waals surface area contributed by atoms with Crippen molar-refractivity contribution in [2.45, 2.75) is 19.5 Å². The van der Waals surface area contributed by atoms with Gasteiger partial charge in [0.2, 0.25) is 0 Å². The lowest BCUT2D eigenvalue weighted by Crippen LogP contribution is -2.35. The Bertz CT molecular complexity index is 983. The molecule has 0 aliphatic carbocycles. The Kier molecular flexibility index (Phi) is 4.81. The van der Waals surface area contributed by atoms with E-state index in [0.717, 1.165) is 18.5 Å². The minimum atomic E-state index is -0.366. The molecular weight excluding hydrogens is 345 g/mol. The molecule has 0 unspecified atom stereocenters. The highest BCUT2D eigenvalue weighted by Gasteiger charge is 2.22. The molecule has 1 aromatic heterocycles. The number of urea groups is 1. The summed E-state index contributed by atoms with van der Waals surface area (Å²) in [7, 11) is 1.70. The number of hydrogen-bond acceptors (Lipinski definition) is 2. The van der Waals surface area contributed by atoms with Crippen molar-refractivity contribution in [1.29, 1.82) is 0 Å². The van der Waals surface area contributed by atoms with Crippen molar-refractivity contribution in [3.8, 4) is 0 Å². The topological polar surface area (TPSA) is 46.5 Å². The molecule has 2 heterocycles. The molecule has 6 heteroatoms. The molecule has 0 radical (unpaired) electrons. The number of aromatic nitrogens is 1. The number of anilines is 1. The van der Waals surface area contributed by atoms with Gasteiger partial charge in [0.05, 0.1) is 6.61 Å². The predicted molar refractivity (Wildman–Crippen MR) is 103 cm³/mol. The van der Waals surface area contributed by atoms with Crippen LogP contribution in [-0.2, 0) is 24.2 Å². The van der Waals surface area contributed by atoms with Crippen molar-refractivity contribution in [2.24, 2.45) is 0 Å². The highest BCUT2D eigenvalue weighted by atomic mass is 19.1. The average Bonchev–Trinajstić information content (AvgIpc) is 2.90. The summed E-state index contributed by atoms with van der Waals surface area (Å²) in [5.74, 6) is -0.366. The predicted octanol–water partition coefficient (Wildman–Crippen LogP) is 4.02. The van der Waals surface area contributed by atoms with Gasteiger partial charge in [0.15, 0.2) is 0 Å². The van der Waals surface area contributed by atoms with Gasteiger partial charge in [-0.2, -0.15) is 0 Å². The number of nitrogens with one attached hydrogen (secondary N) is 1. The molecule has 2 amide bonds. The van der Waals surface area contributed by atoms with E-state index >= 15 is 0 Å². The van der Waals surface area contributed by atoms with Crippen LogP contribution in [0.25, 0.3) is 10.9 Å². The number of halogens is 1. The first-order valence-corrected chi connectivity index (χ1v) is 9.06. The fourth-order valence-electron chi connectivity index (χ4n) is 3.70. The number of rotatable bonds is 4. The summed E-state index contributed by atoms with van der Waals surface area (Å²) in [6.45, 7) is 2.61. The van der Waals surface area contributed by atoms with E-state index < -0.39 is 0 Å². The summed E-state index contributed by atoms with van der Waals surface area (Å²) in [5, 5.41) is 4.03. The second kappa shape index (κ2) is 7.40. The molecule has 0 spiro atoms. The molecule has 2 aromatic carbocycles. The number of nitrogens with zero attached hydrogens (tertiary/aromatic N) is 2. The number of carbonyl (C=O) groups is 1. The van der Waals surface area contributed by atoms with Gasteiger partial charge < -0.3 is 19.5 Å². The quantitative estimate of drug-likeness (QED) is 0.757. The van der Waals surface area contributed by atoms with Crippen molar-refractivity contribution in [1.82, 2.24) is 9.47 Å². The monoisotopic (exact) mass is 367 g/mol. The Morgan fingerprint density at radius 3 is 2.89 bits per heavy atom. The third-order valence-electron chi connectivity index (χ3n) is 4.98. The molecule has 1 aliphatic rings. The SMILES string of the molecule is COCCn1cc2c3c(cccc31)CN(C(=O)Nc1cccc(F)c1)CC2. The summed E-state index contributed by atoms with van der Waals surface area (Å²) in [4.78, 5) is 14.5. The Hall–Kier alpha value is -2.86. The van der Waals surface area contributed by atoms with Gasteiger partial charge in [-0.15, -0.1) is 0 Å². The van der Waals surface area contributed by atoms with E-state index in [9.17, 15) is 9.18 Å². The van der Waals surface area contributed by atoms with E-state index in [0.29, 0.717) is 25.4 Å². The van der Waals surface area contributed by atoms with Gasteiger partial charge in [-0.1, -0.05) is 18.2 Å². The molecule has 5 nitrogen and oxygen atoms in total. The largest absolute Gasteiger partial charge is 0.383 e. The fourth-order valence-corrected chi connectivity index (χ4v) is 3.70. The summed E-state index contributed by atoms with van der Waals surface area (Å²) in [5.41, 5.74) is 4.02. The zero-order valence-electron chi connectivity index (χ0n) is 15.2. The molecular formula is C21H22FN3O2. The molecule has 27 heavy (non-hydrogen) atoms. The maximum absolute atomic E-state index is 13.4. The summed E-state index contributed by atoms with van der Waals surface area (Å²) in [6, 6.07) is 12.0. The van der Waals surface area contributed by atoms with Gasteiger partial charge >= 0.3 is 6.03 Å². The second-order valence-corrected chi connectivity index (χ2v) is 6.76. The standard InChI is InChI=1S/C21H22FN3O2/c1-27-11-10-24-13-16-8-9-25(14-15-4-2-7-19(24)20(15)16)21(26)23-18-6-3-5-17(22)12-18/h2-7,12-13H,8-11,14H2,1H3,(H,23,26). The van der Waals surface area contributed by atoms with E-state index in [1.807, 2.05) is 6.07 Å². The first-order chi connectivity index (χ1) is 13.2. The molecule has 1 N–H and O–H groups in total. The van der Waals surface area contributed by atoms with Crippen molar-refractivity contribution >= 4 is 22.6 Å². The van der Waals surface area contributed by atoms with Crippen LogP contribution in [0, 0.1) is 5.82 Å². The number of hydrogen-bond donors (Lipinski definition) is 1. The van der Waals surface area contributed by atoms with Gasteiger partial charge in [0.25, 0.3) is 0 Å². The normalized spacial score (nSPS) is 13.6. The van der Waals surface area contributed by atoms with Crippen LogP contribution in [0.4, 0.5) is 14.9 Å². The number of amides is 2. The second-order valence-electron chi connectivity index (χ2n) is 6.76. The minimum Gasteiger partial charge on any atom is -0.383 e. The average molecular weight is 367 g/mol. The Morgan fingerprint density at radius 2 is 2.07 bits per heavy atom. The van der Waals surface area contributed by atoms with Crippen LogP contribution in [0.2, 0.25) is 0 Å². The van der Waals surface area contributed by atoms with Crippen LogP contribution >= 0.6 is 0 Å². The summed E-state index contributed by atoms with van der Waals surface area (Å²) in [6.07, 6.45) is 2.95. The molecule has 0 saturated heterocycles. The first-order valence-electron chi connectivity index (χ1n) is 9.06. The zero-order chi connectivity index (χ0) is 18.8. The lowest BCUT2D eigenvalue weighted by atomic mass is 10.1. The van der Waals surface area contributed by atoms with E-state index in [2.05, 4.69) is 28.2 Å². The first kappa shape index (κ1) is 17.5. The van der Waals surface area contributed by atoms with Crippen molar-refractivity contribution < 1.29 is 13.9 Å². The number of benzene rings is 2. The van der Waals surface area contributed by atoms with Crippen LogP contribution in [0.1, 0.15) is 11.1 Å². The minimum absolute atomic E-state index is 0.213. The number of carbonyl (C=O) groups excluding carboxylic acids is 1. The van der Waals surface area contributed by atoms with Gasteiger partial charge in [-0.05, 0) is 41.8 Å². The molecule has 0 bridgehead atoms. The zero-order valence-corrected chi connectivity index (χ0v) is 15.2. The molecule has 0 saturated carbocycles. The molecule has 140 valence electrons. The van der Waals surface area contributed by atoms with Gasteiger partial charge in [0.1, 0.15) is 5.82 Å². The molecule has 0 fully saturated rings. The number of ether oxygens (including phenoxy) is 1. The van der Waals surface area contributed by atoms with Crippen molar-refractivity contribution in [3.63, 3.8) is 0 Å². The highest BCUT2D eigenvalue weighted by molar-refractivity contribution is 5.91. The van der Waals surface area contributed by atoms with Crippen LogP contribution in [0.15, 0.2) is 48.7 Å². The molecule has 3 aromatic rings. The highest BCUT2D eigenvalue weighted by Crippen LogP contribution is 2.29. The Morgan fingerprint density at radius 1 is 1.22 bits per heavy atom. The third-order valence-corrected chi connectivity index (χ3v) is 4.98. The summed E-state index contributed by atoms with van der Waals surface area (Å²) < 4.78 is 20.8. The third kappa shape index (κ3) is 3.53.